The summed E-state index contributed by atoms with van der Waals surface area (Å²) in [4.78, 5) is 23.8. The third kappa shape index (κ3) is 7.19. The minimum absolute atomic E-state index is 0.00487. The van der Waals surface area contributed by atoms with Crippen molar-refractivity contribution in [2.45, 2.75) is 31.8 Å². The molecule has 0 bridgehead atoms. The number of carbonyl (C=O) groups excluding carboxylic acids is 1. The molecule has 4 N–H and O–H groups in total. The van der Waals surface area contributed by atoms with Crippen molar-refractivity contribution in [3.05, 3.63) is 0 Å². The van der Waals surface area contributed by atoms with E-state index in [2.05, 4.69) is 5.32 Å². The fraction of sp³-hybridized carbons (Fsp3) is 0.800. The Hall–Kier alpha value is -1.14. The molecule has 0 spiro atoms. The molecule has 6 nitrogen and oxygen atoms in total. The van der Waals surface area contributed by atoms with Crippen LogP contribution in [0.5, 0.6) is 0 Å². The summed E-state index contributed by atoms with van der Waals surface area (Å²) in [6, 6.07) is -0.978. The van der Waals surface area contributed by atoms with Crippen LogP contribution in [0.1, 0.15) is 19.8 Å². The maximum absolute atomic E-state index is 11.4. The number of hydrogen-bond donors (Lipinski definition) is 3. The standard InChI is InChI=1S/C10H21N3O3/c1-7(4-5-13(2)3)12-10(16)8(11)6-9(14)15/h7-8H,4-6,11H2,1-3H3,(H,12,16)(H,14,15). The maximum Gasteiger partial charge on any atom is 0.305 e. The molecule has 6 heteroatoms. The van der Waals surface area contributed by atoms with Gasteiger partial charge in [-0.2, -0.15) is 0 Å². The summed E-state index contributed by atoms with van der Waals surface area (Å²) in [5, 5.41) is 11.2. The Kier molecular flexibility index (Phi) is 6.67. The van der Waals surface area contributed by atoms with Crippen molar-refractivity contribution in [3.8, 4) is 0 Å². The van der Waals surface area contributed by atoms with Crippen LogP contribution in [0.3, 0.4) is 0 Å². The van der Waals surface area contributed by atoms with Gasteiger partial charge in [-0.25, -0.2) is 0 Å². The summed E-state index contributed by atoms with van der Waals surface area (Å²) in [5.41, 5.74) is 5.42. The first-order valence-corrected chi connectivity index (χ1v) is 5.25. The lowest BCUT2D eigenvalue weighted by atomic mass is 10.1. The van der Waals surface area contributed by atoms with Crippen LogP contribution in [0.4, 0.5) is 0 Å². The molecule has 0 heterocycles. The lowest BCUT2D eigenvalue weighted by molar-refractivity contribution is -0.139. The molecular formula is C10H21N3O3. The molecule has 1 amide bonds. The highest BCUT2D eigenvalue weighted by Gasteiger charge is 2.18. The van der Waals surface area contributed by atoms with Gasteiger partial charge in [-0.1, -0.05) is 0 Å². The second-order valence-corrected chi connectivity index (χ2v) is 4.21. The van der Waals surface area contributed by atoms with Crippen molar-refractivity contribution >= 4 is 11.9 Å². The Bertz CT molecular complexity index is 243. The normalized spacial score (nSPS) is 14.6. The van der Waals surface area contributed by atoms with Crippen molar-refractivity contribution in [1.82, 2.24) is 10.2 Å². The molecule has 2 atom stereocenters. The molecule has 0 aliphatic rings. The van der Waals surface area contributed by atoms with E-state index in [1.807, 2.05) is 25.9 Å². The van der Waals surface area contributed by atoms with Gasteiger partial charge in [0.1, 0.15) is 0 Å². The van der Waals surface area contributed by atoms with Crippen molar-refractivity contribution in [2.24, 2.45) is 5.73 Å². The topological polar surface area (TPSA) is 95.7 Å². The molecule has 0 saturated heterocycles. The smallest absolute Gasteiger partial charge is 0.305 e. The van der Waals surface area contributed by atoms with Crippen molar-refractivity contribution in [1.29, 1.82) is 0 Å². The number of rotatable bonds is 7. The van der Waals surface area contributed by atoms with E-state index in [-0.39, 0.29) is 12.5 Å². The van der Waals surface area contributed by atoms with Crippen LogP contribution < -0.4 is 11.1 Å². The number of carboxylic acid groups (broad SMARTS) is 1. The van der Waals surface area contributed by atoms with Crippen LogP contribution in [0, 0.1) is 0 Å². The van der Waals surface area contributed by atoms with Crippen LogP contribution >= 0.6 is 0 Å². The average Bonchev–Trinajstić information content (AvgIpc) is 2.13. The fourth-order valence-corrected chi connectivity index (χ4v) is 1.15. The molecule has 0 aromatic heterocycles. The van der Waals surface area contributed by atoms with Crippen LogP contribution in [-0.2, 0) is 9.59 Å². The highest BCUT2D eigenvalue weighted by atomic mass is 16.4. The van der Waals surface area contributed by atoms with E-state index in [9.17, 15) is 9.59 Å². The summed E-state index contributed by atoms with van der Waals surface area (Å²) in [6.45, 7) is 2.73. The second kappa shape index (κ2) is 7.19. The highest BCUT2D eigenvalue weighted by molar-refractivity contribution is 5.86. The molecule has 0 aliphatic heterocycles. The molecule has 94 valence electrons. The van der Waals surface area contributed by atoms with Gasteiger partial charge in [-0.15, -0.1) is 0 Å². The Morgan fingerprint density at radius 1 is 1.44 bits per heavy atom. The monoisotopic (exact) mass is 231 g/mol. The van der Waals surface area contributed by atoms with Gasteiger partial charge in [0.2, 0.25) is 5.91 Å². The summed E-state index contributed by atoms with van der Waals surface area (Å²) >= 11 is 0. The average molecular weight is 231 g/mol. The quantitative estimate of drug-likeness (QED) is 0.535. The van der Waals surface area contributed by atoms with Crippen molar-refractivity contribution < 1.29 is 14.7 Å². The van der Waals surface area contributed by atoms with Gasteiger partial charge in [0, 0.05) is 6.04 Å². The fourth-order valence-electron chi connectivity index (χ4n) is 1.15. The molecule has 0 radical (unpaired) electrons. The molecule has 0 aromatic carbocycles. The SMILES string of the molecule is CC(CCN(C)C)NC(=O)C(N)CC(=O)O. The first kappa shape index (κ1) is 14.9. The predicted molar refractivity (Wildman–Crippen MR) is 61.0 cm³/mol. The van der Waals surface area contributed by atoms with E-state index in [1.54, 1.807) is 0 Å². The number of carbonyl (C=O) groups is 2. The minimum Gasteiger partial charge on any atom is -0.481 e. The second-order valence-electron chi connectivity index (χ2n) is 4.21. The lowest BCUT2D eigenvalue weighted by Gasteiger charge is -2.18. The van der Waals surface area contributed by atoms with Crippen LogP contribution in [0.15, 0.2) is 0 Å². The van der Waals surface area contributed by atoms with E-state index in [0.29, 0.717) is 0 Å². The number of carboxylic acids is 1. The lowest BCUT2D eigenvalue weighted by Crippen LogP contribution is -2.46. The first-order valence-electron chi connectivity index (χ1n) is 5.25. The zero-order valence-corrected chi connectivity index (χ0v) is 10.1. The summed E-state index contributed by atoms with van der Waals surface area (Å²) in [6.07, 6.45) is 0.463. The summed E-state index contributed by atoms with van der Waals surface area (Å²) in [7, 11) is 3.90. The number of nitrogens with one attached hydrogen (secondary N) is 1. The van der Waals surface area contributed by atoms with E-state index in [0.717, 1.165) is 13.0 Å². The van der Waals surface area contributed by atoms with Crippen molar-refractivity contribution in [3.63, 3.8) is 0 Å². The number of aliphatic carboxylic acids is 1. The summed E-state index contributed by atoms with van der Waals surface area (Å²) in [5.74, 6) is -1.47. The Balaban J connectivity index is 3.89. The number of nitrogens with zero attached hydrogens (tertiary/aromatic N) is 1. The maximum atomic E-state index is 11.4. The molecule has 0 saturated carbocycles. The zero-order valence-electron chi connectivity index (χ0n) is 10.1. The van der Waals surface area contributed by atoms with Crippen LogP contribution in [0.2, 0.25) is 0 Å². The number of amides is 1. The largest absolute Gasteiger partial charge is 0.481 e. The first-order chi connectivity index (χ1) is 7.32. The predicted octanol–water partition coefficient (Wildman–Crippen LogP) is -0.755. The van der Waals surface area contributed by atoms with Gasteiger partial charge in [0.25, 0.3) is 0 Å². The van der Waals surface area contributed by atoms with Crippen molar-refractivity contribution in [2.75, 3.05) is 20.6 Å². The molecule has 0 aromatic rings. The molecule has 2 unspecified atom stereocenters. The van der Waals surface area contributed by atoms with Gasteiger partial charge in [-0.3, -0.25) is 9.59 Å². The Labute approximate surface area is 95.8 Å². The minimum atomic E-state index is -1.07. The van der Waals surface area contributed by atoms with Crippen LogP contribution in [-0.4, -0.2) is 54.6 Å². The Morgan fingerprint density at radius 3 is 2.44 bits per heavy atom. The van der Waals surface area contributed by atoms with Crippen LogP contribution in [0.25, 0.3) is 0 Å². The van der Waals surface area contributed by atoms with Gasteiger partial charge in [0.15, 0.2) is 0 Å². The number of hydrogen-bond acceptors (Lipinski definition) is 4. The molecule has 0 fully saturated rings. The third-order valence-corrected chi connectivity index (χ3v) is 2.13. The molecular weight excluding hydrogens is 210 g/mol. The van der Waals surface area contributed by atoms with Gasteiger partial charge in [-0.05, 0) is 34.0 Å². The summed E-state index contributed by atoms with van der Waals surface area (Å²) < 4.78 is 0. The molecule has 16 heavy (non-hydrogen) atoms. The molecule has 0 rings (SSSR count). The number of nitrogens with two attached hydrogens (primary N) is 1. The zero-order chi connectivity index (χ0) is 12.7. The molecule has 0 aliphatic carbocycles. The third-order valence-electron chi connectivity index (χ3n) is 2.13. The van der Waals surface area contributed by atoms with Gasteiger partial charge < -0.3 is 21.1 Å². The van der Waals surface area contributed by atoms with E-state index in [1.165, 1.54) is 0 Å². The van der Waals surface area contributed by atoms with E-state index in [4.69, 9.17) is 10.8 Å². The van der Waals surface area contributed by atoms with Gasteiger partial charge in [0.05, 0.1) is 12.5 Å². The van der Waals surface area contributed by atoms with E-state index >= 15 is 0 Å². The Morgan fingerprint density at radius 2 is 2.00 bits per heavy atom. The highest BCUT2D eigenvalue weighted by Crippen LogP contribution is 1.95. The van der Waals surface area contributed by atoms with Gasteiger partial charge >= 0.3 is 5.97 Å². The van der Waals surface area contributed by atoms with E-state index < -0.39 is 17.9 Å².